The Labute approximate surface area is 167 Å². The number of H-pyrrole nitrogens is 1. The van der Waals surface area contributed by atoms with Crippen LogP contribution in [0, 0.1) is 0 Å². The summed E-state index contributed by atoms with van der Waals surface area (Å²) in [5.41, 5.74) is 1.84. The Morgan fingerprint density at radius 2 is 1.93 bits per heavy atom. The minimum Gasteiger partial charge on any atom is -0.338 e. The maximum atomic E-state index is 13.1. The number of imidazole rings is 1. The molecular weight excluding hydrogens is 392 g/mol. The van der Waals surface area contributed by atoms with Crippen LogP contribution in [0.5, 0.6) is 0 Å². The van der Waals surface area contributed by atoms with Crippen molar-refractivity contribution >= 4 is 21.7 Å². The number of carbonyl (C=O) groups excluding carboxylic acids is 1. The quantitative estimate of drug-likeness (QED) is 0.685. The highest BCUT2D eigenvalue weighted by Crippen LogP contribution is 2.31. The summed E-state index contributed by atoms with van der Waals surface area (Å²) in [7, 11) is -4.07. The molecule has 1 aliphatic rings. The Kier molecular flexibility index (Phi) is 4.75. The topological polar surface area (TPSA) is 104 Å². The molecule has 0 aliphatic carbocycles. The molecule has 1 aromatic heterocycles. The van der Waals surface area contributed by atoms with E-state index in [1.807, 2.05) is 13.0 Å². The average molecular weight is 412 g/mol. The molecule has 1 aliphatic heterocycles. The standard InChI is InChI=1S/C20H20N4O4S/c1-2-21-19(25)23-11-10-15-12-16(8-9-18(15)23)29(27,28)24-13-17(22-20(24)26)14-6-4-3-5-7-14/h3-9,12-13H,2,10-11H2,1H3,(H,21,25)(H,22,26). The Morgan fingerprint density at radius 1 is 1.17 bits per heavy atom. The maximum absolute atomic E-state index is 13.1. The zero-order valence-corrected chi connectivity index (χ0v) is 16.6. The third kappa shape index (κ3) is 3.33. The van der Waals surface area contributed by atoms with E-state index in [9.17, 15) is 18.0 Å². The van der Waals surface area contributed by atoms with Crippen LogP contribution < -0.4 is 15.9 Å². The number of aromatic nitrogens is 2. The van der Waals surface area contributed by atoms with Crippen LogP contribution in [-0.4, -0.2) is 36.5 Å². The van der Waals surface area contributed by atoms with Gasteiger partial charge < -0.3 is 10.3 Å². The molecular formula is C20H20N4O4S. The summed E-state index contributed by atoms with van der Waals surface area (Å²) in [4.78, 5) is 28.7. The van der Waals surface area contributed by atoms with Gasteiger partial charge in [-0.1, -0.05) is 30.3 Å². The average Bonchev–Trinajstić information content (AvgIpc) is 3.32. The summed E-state index contributed by atoms with van der Waals surface area (Å²) in [5, 5.41) is 2.74. The molecule has 0 bridgehead atoms. The molecule has 9 heteroatoms. The van der Waals surface area contributed by atoms with Crippen LogP contribution in [0.25, 0.3) is 11.3 Å². The number of anilines is 1. The molecule has 2 amide bonds. The van der Waals surface area contributed by atoms with Crippen LogP contribution in [0.4, 0.5) is 10.5 Å². The fourth-order valence-electron chi connectivity index (χ4n) is 3.43. The fraction of sp³-hybridized carbons (Fsp3) is 0.200. The molecule has 0 saturated carbocycles. The van der Waals surface area contributed by atoms with Gasteiger partial charge in [0.2, 0.25) is 0 Å². The lowest BCUT2D eigenvalue weighted by atomic mass is 10.2. The molecule has 0 fully saturated rings. The van der Waals surface area contributed by atoms with E-state index in [-0.39, 0.29) is 10.9 Å². The van der Waals surface area contributed by atoms with Crippen LogP contribution in [0.1, 0.15) is 12.5 Å². The van der Waals surface area contributed by atoms with E-state index in [4.69, 9.17) is 0 Å². The first-order valence-electron chi connectivity index (χ1n) is 9.23. The molecule has 2 heterocycles. The Hall–Kier alpha value is -3.33. The van der Waals surface area contributed by atoms with Crippen molar-refractivity contribution in [1.29, 1.82) is 0 Å². The Morgan fingerprint density at radius 3 is 2.66 bits per heavy atom. The summed E-state index contributed by atoms with van der Waals surface area (Å²) in [5.74, 6) is 0. The molecule has 29 heavy (non-hydrogen) atoms. The predicted octanol–water partition coefficient (Wildman–Crippen LogP) is 2.17. The summed E-state index contributed by atoms with van der Waals surface area (Å²) in [6.07, 6.45) is 1.84. The second-order valence-electron chi connectivity index (χ2n) is 6.67. The predicted molar refractivity (Wildman–Crippen MR) is 110 cm³/mol. The van der Waals surface area contributed by atoms with Crippen LogP contribution in [0.15, 0.2) is 64.4 Å². The van der Waals surface area contributed by atoms with Crippen LogP contribution in [-0.2, 0) is 16.4 Å². The Balaban J connectivity index is 1.70. The van der Waals surface area contributed by atoms with Crippen molar-refractivity contribution in [2.24, 2.45) is 0 Å². The molecule has 2 aromatic carbocycles. The second kappa shape index (κ2) is 7.25. The van der Waals surface area contributed by atoms with Crippen molar-refractivity contribution in [2.45, 2.75) is 18.2 Å². The number of hydrogen-bond acceptors (Lipinski definition) is 4. The number of urea groups is 1. The van der Waals surface area contributed by atoms with Gasteiger partial charge in [0.1, 0.15) is 0 Å². The lowest BCUT2D eigenvalue weighted by Crippen LogP contribution is -2.38. The molecule has 8 nitrogen and oxygen atoms in total. The van der Waals surface area contributed by atoms with Gasteiger partial charge in [-0.2, -0.15) is 3.97 Å². The smallest absolute Gasteiger partial charge is 0.338 e. The number of fused-ring (bicyclic) bond motifs is 1. The summed E-state index contributed by atoms with van der Waals surface area (Å²) in [6.45, 7) is 2.83. The number of nitrogens with zero attached hydrogens (tertiary/aromatic N) is 2. The van der Waals surface area contributed by atoms with Crippen LogP contribution in [0.3, 0.4) is 0 Å². The number of rotatable bonds is 4. The molecule has 0 atom stereocenters. The monoisotopic (exact) mass is 412 g/mol. The van der Waals surface area contributed by atoms with Crippen molar-refractivity contribution < 1.29 is 13.2 Å². The third-order valence-electron chi connectivity index (χ3n) is 4.85. The van der Waals surface area contributed by atoms with Crippen LogP contribution in [0.2, 0.25) is 0 Å². The number of amides is 2. The third-order valence-corrected chi connectivity index (χ3v) is 6.49. The number of hydrogen-bond donors (Lipinski definition) is 2. The highest BCUT2D eigenvalue weighted by Gasteiger charge is 2.28. The molecule has 0 spiro atoms. The lowest BCUT2D eigenvalue weighted by molar-refractivity contribution is 0.247. The first kappa shape index (κ1) is 19.0. The van der Waals surface area contributed by atoms with Crippen molar-refractivity contribution in [3.63, 3.8) is 0 Å². The van der Waals surface area contributed by atoms with Crippen LogP contribution >= 0.6 is 0 Å². The first-order chi connectivity index (χ1) is 13.9. The molecule has 4 rings (SSSR count). The van der Waals surface area contributed by atoms with Gasteiger partial charge in [-0.05, 0) is 42.7 Å². The molecule has 3 aromatic rings. The molecule has 0 saturated heterocycles. The van der Waals surface area contributed by atoms with E-state index >= 15 is 0 Å². The Bertz CT molecular complexity index is 1230. The maximum Gasteiger partial charge on any atom is 0.340 e. The zero-order valence-electron chi connectivity index (χ0n) is 15.8. The highest BCUT2D eigenvalue weighted by molar-refractivity contribution is 7.90. The minimum atomic E-state index is -4.07. The second-order valence-corrected chi connectivity index (χ2v) is 8.48. The van der Waals surface area contributed by atoms with E-state index in [0.29, 0.717) is 40.4 Å². The summed E-state index contributed by atoms with van der Waals surface area (Å²) in [6, 6.07) is 13.4. The van der Waals surface area contributed by atoms with Gasteiger partial charge in [0, 0.05) is 18.8 Å². The summed E-state index contributed by atoms with van der Waals surface area (Å²) >= 11 is 0. The van der Waals surface area contributed by atoms with Gasteiger partial charge in [-0.25, -0.2) is 18.0 Å². The van der Waals surface area contributed by atoms with Gasteiger partial charge >= 0.3 is 11.7 Å². The largest absolute Gasteiger partial charge is 0.340 e. The van der Waals surface area contributed by atoms with Gasteiger partial charge in [0.05, 0.1) is 16.8 Å². The first-order valence-corrected chi connectivity index (χ1v) is 10.7. The lowest BCUT2D eigenvalue weighted by Gasteiger charge is -2.17. The van der Waals surface area contributed by atoms with Gasteiger partial charge in [-0.3, -0.25) is 4.90 Å². The van der Waals surface area contributed by atoms with Crippen molar-refractivity contribution in [3.05, 3.63) is 70.8 Å². The van der Waals surface area contributed by atoms with E-state index < -0.39 is 15.7 Å². The van der Waals surface area contributed by atoms with E-state index in [0.717, 1.165) is 5.56 Å². The number of nitrogens with one attached hydrogen (secondary N) is 2. The van der Waals surface area contributed by atoms with E-state index in [2.05, 4.69) is 10.3 Å². The SMILES string of the molecule is CCNC(=O)N1CCc2cc(S(=O)(=O)n3cc(-c4ccccc4)[nH]c3=O)ccc21. The zero-order chi connectivity index (χ0) is 20.6. The van der Waals surface area contributed by atoms with Crippen molar-refractivity contribution in [1.82, 2.24) is 14.3 Å². The van der Waals surface area contributed by atoms with Gasteiger partial charge in [-0.15, -0.1) is 0 Å². The number of benzene rings is 2. The molecule has 0 radical (unpaired) electrons. The van der Waals surface area contributed by atoms with Crippen molar-refractivity contribution in [2.75, 3.05) is 18.0 Å². The number of carbonyl (C=O) groups is 1. The van der Waals surface area contributed by atoms with Gasteiger partial charge in [0.15, 0.2) is 0 Å². The highest BCUT2D eigenvalue weighted by atomic mass is 32.2. The van der Waals surface area contributed by atoms with E-state index in [1.165, 1.54) is 18.3 Å². The normalized spacial score (nSPS) is 13.3. The number of aromatic amines is 1. The van der Waals surface area contributed by atoms with Gasteiger partial charge in [0.25, 0.3) is 10.0 Å². The minimum absolute atomic E-state index is 0.00899. The molecule has 2 N–H and O–H groups in total. The summed E-state index contributed by atoms with van der Waals surface area (Å²) < 4.78 is 26.9. The molecule has 150 valence electrons. The van der Waals surface area contributed by atoms with Crippen molar-refractivity contribution in [3.8, 4) is 11.3 Å². The van der Waals surface area contributed by atoms with E-state index in [1.54, 1.807) is 35.2 Å². The fourth-order valence-corrected chi connectivity index (χ4v) is 4.70. The molecule has 0 unspecified atom stereocenters.